The van der Waals surface area contributed by atoms with Crippen LogP contribution in [0.2, 0.25) is 10.2 Å². The molecule has 0 unspecified atom stereocenters. The summed E-state index contributed by atoms with van der Waals surface area (Å²) < 4.78 is 0.962. The molecule has 0 N–H and O–H groups in total. The van der Waals surface area contributed by atoms with Crippen LogP contribution in [0.1, 0.15) is 11.1 Å². The van der Waals surface area contributed by atoms with Gasteiger partial charge in [0.25, 0.3) is 0 Å². The largest absolute Gasteiger partial charge is 0.228 e. The Bertz CT molecular complexity index is 842. The van der Waals surface area contributed by atoms with E-state index in [0.29, 0.717) is 16.0 Å². The van der Waals surface area contributed by atoms with Gasteiger partial charge in [-0.1, -0.05) is 39.1 Å². The van der Waals surface area contributed by atoms with Gasteiger partial charge >= 0.3 is 0 Å². The molecule has 0 saturated heterocycles. The molecule has 21 heavy (non-hydrogen) atoms. The van der Waals surface area contributed by atoms with Crippen molar-refractivity contribution in [3.8, 4) is 11.4 Å². The van der Waals surface area contributed by atoms with Crippen LogP contribution in [0, 0.1) is 13.8 Å². The lowest BCUT2D eigenvalue weighted by Gasteiger charge is -2.08. The molecular formula is C16H11BrCl2N2. The van der Waals surface area contributed by atoms with Gasteiger partial charge < -0.3 is 0 Å². The lowest BCUT2D eigenvalue weighted by Crippen LogP contribution is -1.94. The summed E-state index contributed by atoms with van der Waals surface area (Å²) in [5, 5.41) is 1.94. The Morgan fingerprint density at radius 1 is 0.952 bits per heavy atom. The first-order valence-corrected chi connectivity index (χ1v) is 7.90. The van der Waals surface area contributed by atoms with E-state index in [0.717, 1.165) is 32.1 Å². The standard InChI is InChI=1S/C16H11BrCl2N2/c1-8-3-10(6-12(18)4-8)16-20-14-9(2)5-11(17)7-13(14)15(19)21-16/h3-7H,1-2H3. The van der Waals surface area contributed by atoms with Crippen LogP contribution in [-0.4, -0.2) is 9.97 Å². The third-order valence-electron chi connectivity index (χ3n) is 3.21. The molecule has 2 aromatic carbocycles. The zero-order chi connectivity index (χ0) is 15.1. The number of aromatic nitrogens is 2. The van der Waals surface area contributed by atoms with Crippen molar-refractivity contribution in [2.75, 3.05) is 0 Å². The van der Waals surface area contributed by atoms with E-state index in [4.69, 9.17) is 23.2 Å². The lowest BCUT2D eigenvalue weighted by atomic mass is 10.1. The maximum absolute atomic E-state index is 6.33. The molecule has 0 aliphatic carbocycles. The maximum Gasteiger partial charge on any atom is 0.161 e. The molecule has 0 amide bonds. The number of fused-ring (bicyclic) bond motifs is 1. The normalized spacial score (nSPS) is 11.1. The molecule has 0 atom stereocenters. The molecule has 0 radical (unpaired) electrons. The average Bonchev–Trinajstić information content (AvgIpc) is 2.38. The Kier molecular flexibility index (Phi) is 3.91. The first-order chi connectivity index (χ1) is 9.94. The highest BCUT2D eigenvalue weighted by Gasteiger charge is 2.11. The van der Waals surface area contributed by atoms with E-state index >= 15 is 0 Å². The summed E-state index contributed by atoms with van der Waals surface area (Å²) in [6.07, 6.45) is 0. The lowest BCUT2D eigenvalue weighted by molar-refractivity contribution is 1.21. The van der Waals surface area contributed by atoms with E-state index < -0.39 is 0 Å². The van der Waals surface area contributed by atoms with E-state index in [1.165, 1.54) is 0 Å². The van der Waals surface area contributed by atoms with E-state index in [1.807, 2.05) is 44.2 Å². The molecule has 3 aromatic rings. The molecule has 106 valence electrons. The summed E-state index contributed by atoms with van der Waals surface area (Å²) in [5.41, 5.74) is 3.82. The Morgan fingerprint density at radius 2 is 1.71 bits per heavy atom. The van der Waals surface area contributed by atoms with Crippen LogP contribution in [-0.2, 0) is 0 Å². The fourth-order valence-electron chi connectivity index (χ4n) is 2.32. The number of aryl methyl sites for hydroxylation is 2. The molecule has 0 saturated carbocycles. The molecule has 3 rings (SSSR count). The van der Waals surface area contributed by atoms with Crippen LogP contribution in [0.15, 0.2) is 34.8 Å². The van der Waals surface area contributed by atoms with Gasteiger partial charge in [-0.2, -0.15) is 0 Å². The zero-order valence-corrected chi connectivity index (χ0v) is 14.5. The molecular weight excluding hydrogens is 371 g/mol. The first-order valence-electron chi connectivity index (χ1n) is 6.35. The number of benzene rings is 2. The molecule has 0 fully saturated rings. The van der Waals surface area contributed by atoms with Gasteiger partial charge in [-0.05, 0) is 55.3 Å². The second-order valence-corrected chi connectivity index (χ2v) is 6.68. The van der Waals surface area contributed by atoms with Gasteiger partial charge in [0, 0.05) is 20.4 Å². The van der Waals surface area contributed by atoms with Crippen molar-refractivity contribution in [2.45, 2.75) is 13.8 Å². The highest BCUT2D eigenvalue weighted by atomic mass is 79.9. The van der Waals surface area contributed by atoms with Crippen molar-refractivity contribution in [2.24, 2.45) is 0 Å². The summed E-state index contributed by atoms with van der Waals surface area (Å²) in [7, 11) is 0. The Hall–Kier alpha value is -1.16. The molecule has 0 spiro atoms. The van der Waals surface area contributed by atoms with Gasteiger partial charge in [0.1, 0.15) is 5.15 Å². The van der Waals surface area contributed by atoms with Crippen LogP contribution in [0.25, 0.3) is 22.3 Å². The second-order valence-electron chi connectivity index (χ2n) is 4.97. The average molecular weight is 382 g/mol. The second kappa shape index (κ2) is 5.56. The highest BCUT2D eigenvalue weighted by Crippen LogP contribution is 2.30. The van der Waals surface area contributed by atoms with Crippen molar-refractivity contribution >= 4 is 50.0 Å². The van der Waals surface area contributed by atoms with Crippen molar-refractivity contribution in [3.05, 3.63) is 56.1 Å². The van der Waals surface area contributed by atoms with Gasteiger partial charge in [0.05, 0.1) is 5.52 Å². The van der Waals surface area contributed by atoms with E-state index in [-0.39, 0.29) is 0 Å². The quantitative estimate of drug-likeness (QED) is 0.484. The molecule has 0 aliphatic heterocycles. The van der Waals surface area contributed by atoms with Gasteiger partial charge in [-0.3, -0.25) is 0 Å². The summed E-state index contributed by atoms with van der Waals surface area (Å²) >= 11 is 15.9. The zero-order valence-electron chi connectivity index (χ0n) is 11.4. The van der Waals surface area contributed by atoms with Gasteiger partial charge in [-0.15, -0.1) is 0 Å². The topological polar surface area (TPSA) is 25.8 Å². The Balaban J connectivity index is 2.30. The first kappa shape index (κ1) is 14.8. The van der Waals surface area contributed by atoms with E-state index in [9.17, 15) is 0 Å². The minimum absolute atomic E-state index is 0.442. The van der Waals surface area contributed by atoms with Crippen LogP contribution < -0.4 is 0 Å². The summed E-state index contributed by atoms with van der Waals surface area (Å²) in [6, 6.07) is 9.68. The number of nitrogens with zero attached hydrogens (tertiary/aromatic N) is 2. The minimum atomic E-state index is 0.442. The molecule has 5 heteroatoms. The third-order valence-corrected chi connectivity index (χ3v) is 4.17. The summed E-state index contributed by atoms with van der Waals surface area (Å²) in [4.78, 5) is 9.06. The highest BCUT2D eigenvalue weighted by molar-refractivity contribution is 9.10. The number of hydrogen-bond donors (Lipinski definition) is 0. The van der Waals surface area contributed by atoms with Crippen molar-refractivity contribution in [1.82, 2.24) is 9.97 Å². The number of hydrogen-bond acceptors (Lipinski definition) is 2. The minimum Gasteiger partial charge on any atom is -0.228 e. The van der Waals surface area contributed by atoms with Crippen molar-refractivity contribution in [1.29, 1.82) is 0 Å². The summed E-state index contributed by atoms with van der Waals surface area (Å²) in [6.45, 7) is 3.99. The smallest absolute Gasteiger partial charge is 0.161 e. The predicted octanol–water partition coefficient (Wildman–Crippen LogP) is 5.98. The van der Waals surface area contributed by atoms with Crippen molar-refractivity contribution in [3.63, 3.8) is 0 Å². The van der Waals surface area contributed by atoms with Crippen LogP contribution in [0.3, 0.4) is 0 Å². The van der Waals surface area contributed by atoms with E-state index in [1.54, 1.807) is 0 Å². The maximum atomic E-state index is 6.33. The third kappa shape index (κ3) is 2.91. The molecule has 1 heterocycles. The van der Waals surface area contributed by atoms with E-state index in [2.05, 4.69) is 25.9 Å². The van der Waals surface area contributed by atoms with Crippen LogP contribution in [0.5, 0.6) is 0 Å². The molecule has 2 nitrogen and oxygen atoms in total. The fourth-order valence-corrected chi connectivity index (χ4v) is 3.41. The Labute approximate surface area is 141 Å². The Morgan fingerprint density at radius 3 is 2.43 bits per heavy atom. The predicted molar refractivity (Wildman–Crippen MR) is 92.2 cm³/mol. The van der Waals surface area contributed by atoms with Crippen LogP contribution in [0.4, 0.5) is 0 Å². The van der Waals surface area contributed by atoms with Crippen molar-refractivity contribution < 1.29 is 0 Å². The van der Waals surface area contributed by atoms with Gasteiger partial charge in [0.2, 0.25) is 0 Å². The summed E-state index contributed by atoms with van der Waals surface area (Å²) in [5.74, 6) is 0.587. The molecule has 0 bridgehead atoms. The number of rotatable bonds is 1. The fraction of sp³-hybridized carbons (Fsp3) is 0.125. The van der Waals surface area contributed by atoms with Crippen LogP contribution >= 0.6 is 39.1 Å². The molecule has 1 aromatic heterocycles. The molecule has 0 aliphatic rings. The number of halogens is 3. The SMILES string of the molecule is Cc1cc(Cl)cc(-c2nc(Cl)c3cc(Br)cc(C)c3n2)c1. The van der Waals surface area contributed by atoms with Gasteiger partial charge in [0.15, 0.2) is 5.82 Å². The monoisotopic (exact) mass is 380 g/mol. The van der Waals surface area contributed by atoms with Gasteiger partial charge in [-0.25, -0.2) is 9.97 Å².